The molecule has 1 radical (unpaired) electrons. The van der Waals surface area contributed by atoms with Crippen molar-refractivity contribution in [3.8, 4) is 0 Å². The van der Waals surface area contributed by atoms with Gasteiger partial charge in [-0.05, 0) is 12.8 Å². The molecule has 0 aliphatic carbocycles. The molecular formula is C6H11F2. The molecule has 0 rings (SSSR count). The number of halogens is 2. The maximum Gasteiger partial charge on any atom is 0.131 e. The van der Waals surface area contributed by atoms with Gasteiger partial charge < -0.3 is 0 Å². The van der Waals surface area contributed by atoms with Gasteiger partial charge in [0.05, 0.1) is 0 Å². The average Bonchev–Trinajstić information content (AvgIpc) is 1.84. The molecule has 0 fully saturated rings. The van der Waals surface area contributed by atoms with Gasteiger partial charge in [0.2, 0.25) is 0 Å². The minimum atomic E-state index is -1.36. The SMILES string of the molecule is [CH2]CC(F)[C@@H](F)CC. The molecule has 0 heterocycles. The Bertz CT molecular complexity index is 46.5. The van der Waals surface area contributed by atoms with E-state index in [0.717, 1.165) is 0 Å². The molecule has 0 aromatic carbocycles. The van der Waals surface area contributed by atoms with Gasteiger partial charge in [-0.25, -0.2) is 8.78 Å². The van der Waals surface area contributed by atoms with Gasteiger partial charge in [0, 0.05) is 0 Å². The van der Waals surface area contributed by atoms with Crippen LogP contribution in [0.1, 0.15) is 19.8 Å². The minimum absolute atomic E-state index is 0.0367. The van der Waals surface area contributed by atoms with E-state index in [1.54, 1.807) is 6.92 Å². The lowest BCUT2D eigenvalue weighted by atomic mass is 10.1. The molecule has 8 heavy (non-hydrogen) atoms. The van der Waals surface area contributed by atoms with E-state index in [1.807, 2.05) is 0 Å². The fourth-order valence-corrected chi connectivity index (χ4v) is 0.437. The fraction of sp³-hybridized carbons (Fsp3) is 0.833. The molecule has 0 nitrogen and oxygen atoms in total. The molecule has 0 bridgehead atoms. The van der Waals surface area contributed by atoms with Crippen LogP contribution in [-0.4, -0.2) is 12.3 Å². The fourth-order valence-electron chi connectivity index (χ4n) is 0.437. The zero-order valence-electron chi connectivity index (χ0n) is 5.03. The first-order valence-corrected chi connectivity index (χ1v) is 2.79. The molecule has 1 unspecified atom stereocenters. The summed E-state index contributed by atoms with van der Waals surface area (Å²) in [6.45, 7) is 4.86. The van der Waals surface area contributed by atoms with Crippen LogP contribution in [-0.2, 0) is 0 Å². The Labute approximate surface area is 48.9 Å². The molecular weight excluding hydrogens is 110 g/mol. The number of rotatable bonds is 3. The van der Waals surface area contributed by atoms with Crippen LogP contribution in [0.15, 0.2) is 0 Å². The Morgan fingerprint density at radius 1 is 1.38 bits per heavy atom. The molecule has 0 aliphatic heterocycles. The van der Waals surface area contributed by atoms with Crippen LogP contribution < -0.4 is 0 Å². The topological polar surface area (TPSA) is 0 Å². The monoisotopic (exact) mass is 121 g/mol. The van der Waals surface area contributed by atoms with Crippen molar-refractivity contribution >= 4 is 0 Å². The lowest BCUT2D eigenvalue weighted by molar-refractivity contribution is 0.164. The third kappa shape index (κ3) is 2.24. The Morgan fingerprint density at radius 2 is 1.88 bits per heavy atom. The second-order valence-corrected chi connectivity index (χ2v) is 1.73. The standard InChI is InChI=1S/C6H11F2/c1-3-5(7)6(8)4-2/h5-6H,1,3-4H2,2H3/t5?,6-/m0/s1. The van der Waals surface area contributed by atoms with Gasteiger partial charge in [-0.2, -0.15) is 0 Å². The third-order valence-electron chi connectivity index (χ3n) is 1.06. The van der Waals surface area contributed by atoms with Crippen molar-refractivity contribution in [2.75, 3.05) is 0 Å². The van der Waals surface area contributed by atoms with Gasteiger partial charge in [0.1, 0.15) is 12.3 Å². The third-order valence-corrected chi connectivity index (χ3v) is 1.06. The molecule has 0 aromatic rings. The van der Waals surface area contributed by atoms with E-state index in [0.29, 0.717) is 0 Å². The van der Waals surface area contributed by atoms with E-state index >= 15 is 0 Å². The smallest absolute Gasteiger partial charge is 0.131 e. The Hall–Kier alpha value is -0.140. The first kappa shape index (κ1) is 7.86. The predicted molar refractivity (Wildman–Crippen MR) is 30.1 cm³/mol. The van der Waals surface area contributed by atoms with Crippen LogP contribution in [0.4, 0.5) is 8.78 Å². The molecule has 0 N–H and O–H groups in total. The van der Waals surface area contributed by atoms with E-state index in [2.05, 4.69) is 6.92 Å². The Morgan fingerprint density at radius 3 is 2.00 bits per heavy atom. The van der Waals surface area contributed by atoms with E-state index in [4.69, 9.17) is 0 Å². The van der Waals surface area contributed by atoms with Gasteiger partial charge in [0.15, 0.2) is 0 Å². The quantitative estimate of drug-likeness (QED) is 0.537. The Kier molecular flexibility index (Phi) is 3.75. The zero-order chi connectivity index (χ0) is 6.57. The second kappa shape index (κ2) is 3.81. The molecule has 2 atom stereocenters. The maximum atomic E-state index is 12.1. The highest BCUT2D eigenvalue weighted by Crippen LogP contribution is 2.09. The van der Waals surface area contributed by atoms with E-state index < -0.39 is 12.3 Å². The van der Waals surface area contributed by atoms with Gasteiger partial charge >= 0.3 is 0 Å². The van der Waals surface area contributed by atoms with Crippen molar-refractivity contribution in [3.63, 3.8) is 0 Å². The van der Waals surface area contributed by atoms with E-state index in [1.165, 1.54) is 0 Å². The summed E-state index contributed by atoms with van der Waals surface area (Å²) < 4.78 is 24.2. The molecule has 49 valence electrons. The summed E-state index contributed by atoms with van der Waals surface area (Å²) in [5.41, 5.74) is 0. The summed E-state index contributed by atoms with van der Waals surface area (Å²) in [5, 5.41) is 0. The number of hydrogen-bond acceptors (Lipinski definition) is 0. The van der Waals surface area contributed by atoms with Gasteiger partial charge in [-0.15, -0.1) is 0 Å². The van der Waals surface area contributed by atoms with E-state index in [9.17, 15) is 8.78 Å². The van der Waals surface area contributed by atoms with Gasteiger partial charge in [-0.3, -0.25) is 0 Å². The molecule has 2 heteroatoms. The summed E-state index contributed by atoms with van der Waals surface area (Å²) in [5.74, 6) is 0. The first-order valence-electron chi connectivity index (χ1n) is 2.79. The van der Waals surface area contributed by atoms with Crippen LogP contribution in [0, 0.1) is 6.92 Å². The molecule has 0 saturated carbocycles. The molecule has 0 amide bonds. The largest absolute Gasteiger partial charge is 0.244 e. The summed E-state index contributed by atoms with van der Waals surface area (Å²) >= 11 is 0. The highest BCUT2D eigenvalue weighted by Gasteiger charge is 2.14. The van der Waals surface area contributed by atoms with Gasteiger partial charge in [-0.1, -0.05) is 13.8 Å². The van der Waals surface area contributed by atoms with Crippen LogP contribution in [0.25, 0.3) is 0 Å². The van der Waals surface area contributed by atoms with E-state index in [-0.39, 0.29) is 12.8 Å². The first-order chi connectivity index (χ1) is 3.72. The Balaban J connectivity index is 3.29. The summed E-state index contributed by atoms with van der Waals surface area (Å²) in [7, 11) is 0. The molecule has 0 saturated heterocycles. The summed E-state index contributed by atoms with van der Waals surface area (Å²) in [6, 6.07) is 0. The van der Waals surface area contributed by atoms with Crippen LogP contribution in [0.3, 0.4) is 0 Å². The highest BCUT2D eigenvalue weighted by molar-refractivity contribution is 4.66. The number of hydrogen-bond donors (Lipinski definition) is 0. The van der Waals surface area contributed by atoms with Crippen LogP contribution >= 0.6 is 0 Å². The summed E-state index contributed by atoms with van der Waals surface area (Å²) in [6.07, 6.45) is -2.39. The normalized spacial score (nSPS) is 18.0. The van der Waals surface area contributed by atoms with Crippen LogP contribution in [0.5, 0.6) is 0 Å². The van der Waals surface area contributed by atoms with Gasteiger partial charge in [0.25, 0.3) is 0 Å². The molecule has 0 spiro atoms. The zero-order valence-corrected chi connectivity index (χ0v) is 5.03. The summed E-state index contributed by atoms with van der Waals surface area (Å²) in [4.78, 5) is 0. The lowest BCUT2D eigenvalue weighted by Crippen LogP contribution is -2.14. The van der Waals surface area contributed by atoms with Crippen molar-refractivity contribution in [1.82, 2.24) is 0 Å². The van der Waals surface area contributed by atoms with Crippen molar-refractivity contribution in [2.24, 2.45) is 0 Å². The minimum Gasteiger partial charge on any atom is -0.244 e. The van der Waals surface area contributed by atoms with Crippen molar-refractivity contribution < 1.29 is 8.78 Å². The average molecular weight is 121 g/mol. The van der Waals surface area contributed by atoms with Crippen molar-refractivity contribution in [3.05, 3.63) is 6.92 Å². The van der Waals surface area contributed by atoms with Crippen LogP contribution in [0.2, 0.25) is 0 Å². The maximum absolute atomic E-state index is 12.1. The lowest BCUT2D eigenvalue weighted by Gasteiger charge is -2.06. The second-order valence-electron chi connectivity index (χ2n) is 1.73. The number of alkyl halides is 2. The molecule has 0 aromatic heterocycles. The predicted octanol–water partition coefficient (Wildman–Crippen LogP) is 2.30. The van der Waals surface area contributed by atoms with Crippen molar-refractivity contribution in [1.29, 1.82) is 0 Å². The molecule has 0 aliphatic rings. The highest BCUT2D eigenvalue weighted by atomic mass is 19.2. The van der Waals surface area contributed by atoms with Crippen molar-refractivity contribution in [2.45, 2.75) is 32.1 Å².